The van der Waals surface area contributed by atoms with Gasteiger partial charge < -0.3 is 40.4 Å². The largest absolute Gasteiger partial charge is 0.481 e. The number of aliphatic carboxylic acids is 1. The summed E-state index contributed by atoms with van der Waals surface area (Å²) < 4.78 is 74.1. The molecule has 10 rings (SSSR count). The number of fused-ring (bicyclic) bond motifs is 1. The summed E-state index contributed by atoms with van der Waals surface area (Å²) in [5.74, 6) is -6.50. The maximum Gasteiger partial charge on any atom is 0.306 e. The van der Waals surface area contributed by atoms with Gasteiger partial charge in [-0.15, -0.1) is 11.3 Å². The van der Waals surface area contributed by atoms with Crippen molar-refractivity contribution in [1.29, 1.82) is 0 Å². The quantitative estimate of drug-likeness (QED) is 0.0235. The number of rotatable bonds is 22. The van der Waals surface area contributed by atoms with Crippen molar-refractivity contribution in [3.05, 3.63) is 119 Å². The number of hydrogen-bond donors (Lipinski definition) is 6. The SMILES string of the molecule is Cc1ncsc1-c1ccc([C@H](COC(=O)CCC(=O)O)NC(=O)[C@@H]2C[C@@H](O)CN2C(=O)[C@@H](NC(=O)CN2CCC(CN3CCN(c4ccc(-c5cnc6[nH]cc(C(=O)c7c(F)ccc(N(N8CC[C@@H](F)C8)S(=O)O)c7F)c6c5)cc4)CC3)CC2)C(C)(C)C)cc1. The van der Waals surface area contributed by atoms with E-state index in [1.54, 1.807) is 29.9 Å². The van der Waals surface area contributed by atoms with Crippen molar-refractivity contribution >= 4 is 80.5 Å². The first-order valence-electron chi connectivity index (χ1n) is 30.1. The summed E-state index contributed by atoms with van der Waals surface area (Å²) in [6, 6.07) is 15.6. The van der Waals surface area contributed by atoms with Gasteiger partial charge >= 0.3 is 11.9 Å². The van der Waals surface area contributed by atoms with Crippen LogP contribution in [0.25, 0.3) is 32.6 Å². The molecule has 4 aliphatic rings. The molecule has 3 aromatic carbocycles. The van der Waals surface area contributed by atoms with E-state index in [2.05, 4.69) is 40.3 Å². The lowest BCUT2D eigenvalue weighted by molar-refractivity contribution is -0.149. The van der Waals surface area contributed by atoms with Crippen molar-refractivity contribution in [2.75, 3.05) is 87.9 Å². The fraction of sp³-hybridized carbons (Fsp3) is 0.460. The number of hydrazine groups is 1. The van der Waals surface area contributed by atoms with Gasteiger partial charge in [-0.1, -0.05) is 57.2 Å². The van der Waals surface area contributed by atoms with Crippen LogP contribution >= 0.6 is 11.3 Å². The third kappa shape index (κ3) is 15.2. The van der Waals surface area contributed by atoms with Gasteiger partial charge in [0.2, 0.25) is 23.5 Å². The van der Waals surface area contributed by atoms with Gasteiger partial charge in [0.1, 0.15) is 42.0 Å². The number of piperidine rings is 1. The van der Waals surface area contributed by atoms with Gasteiger partial charge in [0.15, 0.2) is 5.82 Å². The molecule has 90 heavy (non-hydrogen) atoms. The van der Waals surface area contributed by atoms with Crippen molar-refractivity contribution in [2.45, 2.75) is 96.6 Å². The number of thiazole rings is 1. The average molecular weight is 1280 g/mol. The molecule has 4 saturated heterocycles. The van der Waals surface area contributed by atoms with E-state index in [1.165, 1.54) is 22.4 Å². The molecule has 0 aliphatic carbocycles. The number of aromatic amines is 1. The summed E-state index contributed by atoms with van der Waals surface area (Å²) in [6.45, 7) is 12.3. The number of carbonyl (C=O) groups is 6. The smallest absolute Gasteiger partial charge is 0.306 e. The second kappa shape index (κ2) is 28.2. The van der Waals surface area contributed by atoms with Crippen LogP contribution in [0, 0.1) is 29.9 Å². The van der Waals surface area contributed by atoms with Crippen molar-refractivity contribution in [1.82, 2.24) is 45.3 Å². The number of amides is 3. The number of β-amino-alcohol motifs (C(OH)–C–C–N with tert-alkyl or cyclic N) is 1. The minimum atomic E-state index is -2.85. The summed E-state index contributed by atoms with van der Waals surface area (Å²) in [5.41, 5.74) is 4.51. The predicted molar refractivity (Wildman–Crippen MR) is 332 cm³/mol. The monoisotopic (exact) mass is 1280 g/mol. The van der Waals surface area contributed by atoms with Crippen LogP contribution in [0.4, 0.5) is 24.5 Å². The van der Waals surface area contributed by atoms with E-state index in [-0.39, 0.29) is 63.5 Å². The Morgan fingerprint density at radius 2 is 1.58 bits per heavy atom. The summed E-state index contributed by atoms with van der Waals surface area (Å²) in [5, 5.41) is 27.4. The average Bonchev–Trinajstić information content (AvgIpc) is 1.44. The summed E-state index contributed by atoms with van der Waals surface area (Å²) in [4.78, 5) is 101. The van der Waals surface area contributed by atoms with E-state index in [4.69, 9.17) is 9.84 Å². The van der Waals surface area contributed by atoms with Crippen LogP contribution in [0.5, 0.6) is 0 Å². The molecule has 0 spiro atoms. The number of H-pyrrole nitrogens is 1. The number of benzene rings is 3. The molecule has 4 fully saturated rings. The van der Waals surface area contributed by atoms with Gasteiger partial charge in [-0.05, 0) is 97.6 Å². The van der Waals surface area contributed by atoms with Crippen molar-refractivity contribution in [3.63, 3.8) is 0 Å². The Kier molecular flexibility index (Phi) is 20.5. The number of aliphatic hydroxyl groups is 1. The Bertz CT molecular complexity index is 3630. The number of carbonyl (C=O) groups excluding carboxylic acids is 5. The number of aromatic nitrogens is 3. The molecule has 1 unspecified atom stereocenters. The Morgan fingerprint density at radius 3 is 2.22 bits per heavy atom. The maximum absolute atomic E-state index is 16.1. The number of anilines is 2. The number of halogens is 3. The van der Waals surface area contributed by atoms with Crippen LogP contribution in [0.2, 0.25) is 0 Å². The number of aliphatic hydroxyl groups excluding tert-OH is 1. The number of aryl methyl sites for hydroxylation is 1. The van der Waals surface area contributed by atoms with Crippen LogP contribution in [-0.2, 0) is 40.0 Å². The Balaban J connectivity index is 0.698. The number of esters is 1. The number of likely N-dealkylation sites (tertiary alicyclic amines) is 2. The zero-order valence-electron chi connectivity index (χ0n) is 50.4. The molecule has 7 heterocycles. The number of pyridine rings is 1. The lowest BCUT2D eigenvalue weighted by Crippen LogP contribution is -2.59. The van der Waals surface area contributed by atoms with Crippen LogP contribution < -0.4 is 19.9 Å². The molecular weight excluding hydrogens is 1210 g/mol. The van der Waals surface area contributed by atoms with E-state index in [0.29, 0.717) is 45.6 Å². The van der Waals surface area contributed by atoms with Gasteiger partial charge in [0, 0.05) is 86.8 Å². The van der Waals surface area contributed by atoms with E-state index in [1.807, 2.05) is 64.1 Å². The zero-order chi connectivity index (χ0) is 64.1. The number of nitrogens with one attached hydrogen (secondary N) is 3. The first-order chi connectivity index (χ1) is 43.0. The van der Waals surface area contributed by atoms with E-state index >= 15 is 8.78 Å². The van der Waals surface area contributed by atoms with Crippen LogP contribution in [0.15, 0.2) is 84.6 Å². The van der Waals surface area contributed by atoms with Crippen LogP contribution in [0.1, 0.15) is 92.5 Å². The second-order valence-electron chi connectivity index (χ2n) is 24.6. The van der Waals surface area contributed by atoms with Crippen molar-refractivity contribution in [3.8, 4) is 21.6 Å². The zero-order valence-corrected chi connectivity index (χ0v) is 52.0. The molecule has 6 N–H and O–H groups in total. The topological polar surface area (TPSA) is 274 Å². The van der Waals surface area contributed by atoms with Gasteiger partial charge in [0.05, 0.1) is 59.7 Å². The van der Waals surface area contributed by atoms with E-state index in [9.17, 15) is 47.0 Å². The molecule has 4 aliphatic heterocycles. The number of hydrogen-bond acceptors (Lipinski definition) is 16. The Morgan fingerprint density at radius 1 is 0.867 bits per heavy atom. The predicted octanol–water partition coefficient (Wildman–Crippen LogP) is 6.67. The number of carboxylic acids is 1. The lowest BCUT2D eigenvalue weighted by Gasteiger charge is -2.40. The molecule has 6 aromatic rings. The number of alkyl halides is 1. The third-order valence-corrected chi connectivity index (χ3v) is 18.9. The highest BCUT2D eigenvalue weighted by atomic mass is 32.2. The minimum Gasteiger partial charge on any atom is -0.481 e. The molecule has 27 heteroatoms. The van der Waals surface area contributed by atoms with Crippen molar-refractivity contribution < 1.29 is 65.7 Å². The van der Waals surface area contributed by atoms with Crippen LogP contribution in [0.3, 0.4) is 0 Å². The number of carboxylic acid groups (broad SMARTS) is 1. The molecule has 0 saturated carbocycles. The number of piperazine rings is 1. The molecule has 3 amide bonds. The molecule has 22 nitrogen and oxygen atoms in total. The number of ketones is 1. The highest BCUT2D eigenvalue weighted by molar-refractivity contribution is 7.80. The molecule has 3 aromatic heterocycles. The summed E-state index contributed by atoms with van der Waals surface area (Å²) >= 11 is -1.37. The van der Waals surface area contributed by atoms with Crippen LogP contribution in [-0.4, -0.2) is 192 Å². The van der Waals surface area contributed by atoms with E-state index < -0.39 is 106 Å². The van der Waals surface area contributed by atoms with Crippen molar-refractivity contribution in [2.24, 2.45) is 11.3 Å². The van der Waals surface area contributed by atoms with Gasteiger partial charge in [-0.2, -0.15) is 4.41 Å². The summed E-state index contributed by atoms with van der Waals surface area (Å²) in [7, 11) is 0. The first-order valence-corrected chi connectivity index (χ1v) is 32.0. The normalized spacial score (nSPS) is 19.8. The standard InChI is InChI=1S/C63H74F3N11O11S2/c1-37-58(89-36-69-37)41-7-5-40(6-8-41)49(35-88-54(82)16-15-53(80)81)70-61(84)51-28-45(78)33-76(51)62(85)59(63(2,3)4)71-52(79)34-72-20-17-38(18-21-72)31-73-23-25-74(26-24-73)44-11-9-39(10-12-44)42-27-46-47(30-68-60(46)67-29-42)57(83)55-48(65)13-14-50(56(55)66)77(90(86)87)75-22-19-43(64)32-75/h5-14,27,29-30,36,38,43,45,49,51,59,78H,15-26,28,31-35H2,1-4H3,(H,67,68)(H,70,84)(H,71,79)(H,80,81)(H,86,87)/t43-,45-,49+,51+,59-/m1/s1. The fourth-order valence-electron chi connectivity index (χ4n) is 12.2. The Hall–Kier alpha value is -7.66. The fourth-order valence-corrected chi connectivity index (χ4v) is 13.7. The van der Waals surface area contributed by atoms with Gasteiger partial charge in [-0.25, -0.2) is 32.4 Å². The Labute approximate surface area is 525 Å². The lowest BCUT2D eigenvalue weighted by atomic mass is 9.85. The molecule has 6 atom stereocenters. The molecule has 0 bridgehead atoms. The molecule has 480 valence electrons. The second-order valence-corrected chi connectivity index (χ2v) is 26.2. The maximum atomic E-state index is 16.1. The summed E-state index contributed by atoms with van der Waals surface area (Å²) in [6.07, 6.45) is 1.56. The van der Waals surface area contributed by atoms with Gasteiger partial charge in [0.25, 0.3) is 11.3 Å². The minimum absolute atomic E-state index is 0.0150. The highest BCUT2D eigenvalue weighted by Gasteiger charge is 2.45. The number of ether oxygens (including phenoxy) is 1. The third-order valence-electron chi connectivity index (χ3n) is 17.2. The molecule has 0 radical (unpaired) electrons. The number of nitrogens with zero attached hydrogens (tertiary/aromatic N) is 8. The van der Waals surface area contributed by atoms with E-state index in [0.717, 1.165) is 90.1 Å². The molecular formula is C63H74F3N11O11S2. The van der Waals surface area contributed by atoms with Gasteiger partial charge in [-0.3, -0.25) is 43.1 Å². The first kappa shape index (κ1) is 65.3. The highest BCUT2D eigenvalue weighted by Crippen LogP contribution is 2.35.